The van der Waals surface area contributed by atoms with Gasteiger partial charge in [-0.05, 0) is 36.8 Å². The van der Waals surface area contributed by atoms with Crippen LogP contribution < -0.4 is 4.74 Å². The molecule has 1 unspecified atom stereocenters. The summed E-state index contributed by atoms with van der Waals surface area (Å²) in [6, 6.07) is 14.4. The van der Waals surface area contributed by atoms with Crippen LogP contribution in [-0.2, 0) is 11.3 Å². The second-order valence-corrected chi connectivity index (χ2v) is 5.12. The Kier molecular flexibility index (Phi) is 5.37. The molecule has 0 bridgehead atoms. The molecule has 3 nitrogen and oxygen atoms in total. The Labute approximate surface area is 129 Å². The van der Waals surface area contributed by atoms with E-state index in [2.05, 4.69) is 0 Å². The number of ether oxygens (including phenoxy) is 2. The van der Waals surface area contributed by atoms with Gasteiger partial charge in [0.2, 0.25) is 0 Å². The van der Waals surface area contributed by atoms with E-state index in [9.17, 15) is 4.79 Å². The Morgan fingerprint density at radius 2 is 1.95 bits per heavy atom. The number of ketones is 1. The fraction of sp³-hybridized carbons (Fsp3) is 0.235. The van der Waals surface area contributed by atoms with Crippen molar-refractivity contribution in [3.8, 4) is 5.75 Å². The number of hydrogen-bond donors (Lipinski definition) is 0. The predicted octanol–water partition coefficient (Wildman–Crippen LogP) is 4.14. The molecule has 4 heteroatoms. The average Bonchev–Trinajstić information content (AvgIpc) is 2.52. The van der Waals surface area contributed by atoms with Crippen molar-refractivity contribution in [2.45, 2.75) is 19.6 Å². The van der Waals surface area contributed by atoms with E-state index < -0.39 is 6.10 Å². The van der Waals surface area contributed by atoms with E-state index in [-0.39, 0.29) is 5.78 Å². The second kappa shape index (κ2) is 7.25. The summed E-state index contributed by atoms with van der Waals surface area (Å²) in [4.78, 5) is 12.2. The van der Waals surface area contributed by atoms with Crippen LogP contribution in [0, 0.1) is 0 Å². The minimum absolute atomic E-state index is 0.0830. The zero-order valence-electron chi connectivity index (χ0n) is 12.0. The van der Waals surface area contributed by atoms with E-state index in [1.54, 1.807) is 38.3 Å². The topological polar surface area (TPSA) is 35.5 Å². The lowest BCUT2D eigenvalue weighted by atomic mass is 10.1. The first-order chi connectivity index (χ1) is 10.1. The molecule has 0 N–H and O–H groups in total. The Bertz CT molecular complexity index is 625. The van der Waals surface area contributed by atoms with E-state index in [4.69, 9.17) is 21.1 Å². The first-order valence-electron chi connectivity index (χ1n) is 6.64. The molecule has 0 saturated heterocycles. The summed E-state index contributed by atoms with van der Waals surface area (Å²) >= 11 is 5.89. The monoisotopic (exact) mass is 304 g/mol. The van der Waals surface area contributed by atoms with Gasteiger partial charge in [0.15, 0.2) is 5.78 Å². The minimum atomic E-state index is -0.533. The molecule has 110 valence electrons. The molecule has 0 aromatic heterocycles. The van der Waals surface area contributed by atoms with Gasteiger partial charge in [-0.1, -0.05) is 35.9 Å². The molecular formula is C17H17ClO3. The lowest BCUT2D eigenvalue weighted by molar-refractivity contribution is 0.0412. The first-order valence-corrected chi connectivity index (χ1v) is 7.02. The molecule has 0 saturated carbocycles. The quantitative estimate of drug-likeness (QED) is 0.753. The maximum atomic E-state index is 12.2. The van der Waals surface area contributed by atoms with Crippen LogP contribution in [0.2, 0.25) is 5.02 Å². The Balaban J connectivity index is 1.97. The van der Waals surface area contributed by atoms with Gasteiger partial charge < -0.3 is 9.47 Å². The summed E-state index contributed by atoms with van der Waals surface area (Å²) in [5, 5.41) is 0.542. The van der Waals surface area contributed by atoms with Crippen molar-refractivity contribution in [1.29, 1.82) is 0 Å². The average molecular weight is 305 g/mol. The van der Waals surface area contributed by atoms with Crippen molar-refractivity contribution in [3.05, 3.63) is 64.7 Å². The normalized spacial score (nSPS) is 12.0. The smallest absolute Gasteiger partial charge is 0.191 e. The van der Waals surface area contributed by atoms with E-state index in [0.29, 0.717) is 17.2 Å². The second-order valence-electron chi connectivity index (χ2n) is 4.68. The van der Waals surface area contributed by atoms with Crippen LogP contribution in [0.4, 0.5) is 0 Å². The Hall–Kier alpha value is -1.84. The van der Waals surface area contributed by atoms with Crippen LogP contribution in [-0.4, -0.2) is 19.0 Å². The molecular weight excluding hydrogens is 288 g/mol. The molecule has 0 spiro atoms. The van der Waals surface area contributed by atoms with Crippen molar-refractivity contribution >= 4 is 17.4 Å². The minimum Gasteiger partial charge on any atom is -0.497 e. The molecule has 21 heavy (non-hydrogen) atoms. The summed E-state index contributed by atoms with van der Waals surface area (Å²) in [6.07, 6.45) is -0.533. The SMILES string of the molecule is COc1cccc(COC(C)C(=O)c2cccc(Cl)c2)c1. The molecule has 0 amide bonds. The number of carbonyl (C=O) groups is 1. The highest BCUT2D eigenvalue weighted by molar-refractivity contribution is 6.31. The molecule has 0 fully saturated rings. The summed E-state index contributed by atoms with van der Waals surface area (Å²) in [7, 11) is 1.62. The summed E-state index contributed by atoms with van der Waals surface area (Å²) in [5.41, 5.74) is 1.51. The Morgan fingerprint density at radius 3 is 2.67 bits per heavy atom. The lowest BCUT2D eigenvalue weighted by Crippen LogP contribution is -2.20. The van der Waals surface area contributed by atoms with Gasteiger partial charge >= 0.3 is 0 Å². The van der Waals surface area contributed by atoms with Gasteiger partial charge in [0.1, 0.15) is 11.9 Å². The standard InChI is InChI=1S/C17H17ClO3/c1-12(17(19)14-6-4-7-15(18)10-14)21-11-13-5-3-8-16(9-13)20-2/h3-10,12H,11H2,1-2H3. The van der Waals surface area contributed by atoms with Gasteiger partial charge in [0, 0.05) is 10.6 Å². The van der Waals surface area contributed by atoms with Crippen molar-refractivity contribution in [1.82, 2.24) is 0 Å². The lowest BCUT2D eigenvalue weighted by Gasteiger charge is -2.13. The van der Waals surface area contributed by atoms with Crippen molar-refractivity contribution in [3.63, 3.8) is 0 Å². The van der Waals surface area contributed by atoms with Gasteiger partial charge in [0.25, 0.3) is 0 Å². The van der Waals surface area contributed by atoms with E-state index in [1.807, 2.05) is 24.3 Å². The van der Waals surface area contributed by atoms with Gasteiger partial charge in [-0.25, -0.2) is 0 Å². The van der Waals surface area contributed by atoms with Crippen LogP contribution in [0.1, 0.15) is 22.8 Å². The molecule has 0 aliphatic carbocycles. The predicted molar refractivity (Wildman–Crippen MR) is 83.0 cm³/mol. The van der Waals surface area contributed by atoms with Crippen LogP contribution in [0.15, 0.2) is 48.5 Å². The molecule has 1 atom stereocenters. The number of halogens is 1. The molecule has 0 aliphatic heterocycles. The van der Waals surface area contributed by atoms with E-state index in [0.717, 1.165) is 11.3 Å². The summed E-state index contributed by atoms with van der Waals surface area (Å²) < 4.78 is 10.8. The van der Waals surface area contributed by atoms with Gasteiger partial charge in [-0.3, -0.25) is 4.79 Å². The highest BCUT2D eigenvalue weighted by Gasteiger charge is 2.16. The number of carbonyl (C=O) groups excluding carboxylic acids is 1. The number of methoxy groups -OCH3 is 1. The Morgan fingerprint density at radius 1 is 1.19 bits per heavy atom. The number of hydrogen-bond acceptors (Lipinski definition) is 3. The first kappa shape index (κ1) is 15.5. The summed E-state index contributed by atoms with van der Waals surface area (Å²) in [5.74, 6) is 0.685. The maximum absolute atomic E-state index is 12.2. The molecule has 2 aromatic rings. The molecule has 0 heterocycles. The third kappa shape index (κ3) is 4.31. The van der Waals surface area contributed by atoms with Crippen LogP contribution in [0.3, 0.4) is 0 Å². The van der Waals surface area contributed by atoms with Crippen molar-refractivity contribution < 1.29 is 14.3 Å². The summed E-state index contributed by atoms with van der Waals surface area (Å²) in [6.45, 7) is 2.09. The van der Waals surface area contributed by atoms with Gasteiger partial charge in [-0.2, -0.15) is 0 Å². The number of benzene rings is 2. The highest BCUT2D eigenvalue weighted by Crippen LogP contribution is 2.16. The maximum Gasteiger partial charge on any atom is 0.191 e. The number of rotatable bonds is 6. The van der Waals surface area contributed by atoms with Gasteiger partial charge in [-0.15, -0.1) is 0 Å². The van der Waals surface area contributed by atoms with Crippen LogP contribution >= 0.6 is 11.6 Å². The zero-order chi connectivity index (χ0) is 15.2. The third-order valence-corrected chi connectivity index (χ3v) is 3.35. The largest absolute Gasteiger partial charge is 0.497 e. The molecule has 0 radical (unpaired) electrons. The zero-order valence-corrected chi connectivity index (χ0v) is 12.8. The molecule has 0 aliphatic rings. The van der Waals surface area contributed by atoms with Crippen molar-refractivity contribution in [2.75, 3.05) is 7.11 Å². The van der Waals surface area contributed by atoms with E-state index >= 15 is 0 Å². The highest BCUT2D eigenvalue weighted by atomic mass is 35.5. The van der Waals surface area contributed by atoms with Crippen LogP contribution in [0.25, 0.3) is 0 Å². The third-order valence-electron chi connectivity index (χ3n) is 3.11. The van der Waals surface area contributed by atoms with E-state index in [1.165, 1.54) is 0 Å². The molecule has 2 aromatic carbocycles. The van der Waals surface area contributed by atoms with Gasteiger partial charge in [0.05, 0.1) is 13.7 Å². The fourth-order valence-corrected chi connectivity index (χ4v) is 2.13. The molecule has 2 rings (SSSR count). The van der Waals surface area contributed by atoms with Crippen molar-refractivity contribution in [2.24, 2.45) is 0 Å². The van der Waals surface area contributed by atoms with Crippen LogP contribution in [0.5, 0.6) is 5.75 Å². The fourth-order valence-electron chi connectivity index (χ4n) is 1.94. The number of Topliss-reactive ketones (excluding diaryl/α,β-unsaturated/α-hetero) is 1.